The molecule has 0 spiro atoms. The van der Waals surface area contributed by atoms with Crippen molar-refractivity contribution in [1.82, 2.24) is 4.98 Å². The molecule has 1 aromatic heterocycles. The number of halogens is 1. The molecular weight excluding hydrogens is 322 g/mol. The highest BCUT2D eigenvalue weighted by Gasteiger charge is 2.06. The van der Waals surface area contributed by atoms with Crippen LogP contribution in [0, 0.1) is 6.92 Å². The molecule has 0 aliphatic heterocycles. The average Bonchev–Trinajstić information content (AvgIpc) is 2.44. The molecule has 0 fully saturated rings. The van der Waals surface area contributed by atoms with E-state index < -0.39 is 5.97 Å². The number of rotatable bonds is 5. The van der Waals surface area contributed by atoms with E-state index >= 15 is 0 Å². The van der Waals surface area contributed by atoms with Crippen LogP contribution in [0.15, 0.2) is 47.1 Å². The fraction of sp³-hybridized carbons (Fsp3) is 0.200. The maximum Gasteiger partial charge on any atom is 0.339 e. The molecule has 104 valence electrons. The number of hydrogen-bond acceptors (Lipinski definition) is 4. The maximum absolute atomic E-state index is 11.7. The minimum Gasteiger partial charge on any atom is -0.490 e. The van der Waals surface area contributed by atoms with Crippen LogP contribution in [0.3, 0.4) is 0 Å². The lowest BCUT2D eigenvalue weighted by Crippen LogP contribution is -2.12. The summed E-state index contributed by atoms with van der Waals surface area (Å²) in [6.45, 7) is 2.36. The van der Waals surface area contributed by atoms with Gasteiger partial charge in [-0.15, -0.1) is 0 Å². The number of ether oxygens (including phenoxy) is 2. The lowest BCUT2D eigenvalue weighted by Gasteiger charge is -2.07. The predicted molar refractivity (Wildman–Crippen MR) is 78.9 cm³/mol. The monoisotopic (exact) mass is 335 g/mol. The maximum atomic E-state index is 11.7. The quantitative estimate of drug-likeness (QED) is 0.620. The van der Waals surface area contributed by atoms with Crippen LogP contribution in [0.1, 0.15) is 16.1 Å². The van der Waals surface area contributed by atoms with Crippen molar-refractivity contribution >= 4 is 21.9 Å². The van der Waals surface area contributed by atoms with Crippen molar-refractivity contribution in [3.63, 3.8) is 0 Å². The molecule has 0 unspecified atom stereocenters. The first kappa shape index (κ1) is 14.5. The summed E-state index contributed by atoms with van der Waals surface area (Å²) in [5.74, 6) is 0.336. The highest BCUT2D eigenvalue weighted by atomic mass is 79.9. The van der Waals surface area contributed by atoms with Crippen LogP contribution in [0.2, 0.25) is 0 Å². The first-order valence-electron chi connectivity index (χ1n) is 6.13. The third-order valence-corrected chi connectivity index (χ3v) is 3.02. The molecule has 0 amide bonds. The number of pyridine rings is 1. The summed E-state index contributed by atoms with van der Waals surface area (Å²) in [5, 5.41) is 0. The van der Waals surface area contributed by atoms with Gasteiger partial charge in [-0.3, -0.25) is 4.98 Å². The Bertz CT molecular complexity index is 584. The van der Waals surface area contributed by atoms with Gasteiger partial charge in [0.2, 0.25) is 0 Å². The van der Waals surface area contributed by atoms with Gasteiger partial charge in [-0.1, -0.05) is 22.0 Å². The average molecular weight is 336 g/mol. The van der Waals surface area contributed by atoms with Gasteiger partial charge in [0.15, 0.2) is 0 Å². The molecule has 20 heavy (non-hydrogen) atoms. The van der Waals surface area contributed by atoms with Gasteiger partial charge in [0, 0.05) is 16.4 Å². The second-order valence-corrected chi connectivity index (χ2v) is 5.05. The second-order valence-electron chi connectivity index (χ2n) is 4.13. The van der Waals surface area contributed by atoms with Gasteiger partial charge in [-0.2, -0.15) is 0 Å². The number of esters is 1. The number of benzene rings is 1. The minimum absolute atomic E-state index is 0.194. The van der Waals surface area contributed by atoms with E-state index in [0.717, 1.165) is 15.9 Å². The van der Waals surface area contributed by atoms with Crippen LogP contribution < -0.4 is 4.74 Å². The van der Waals surface area contributed by atoms with Gasteiger partial charge in [-0.25, -0.2) is 4.79 Å². The van der Waals surface area contributed by atoms with Crippen molar-refractivity contribution in [3.8, 4) is 5.75 Å². The molecule has 5 heteroatoms. The molecule has 2 aromatic rings. The van der Waals surface area contributed by atoms with Gasteiger partial charge in [0.05, 0.1) is 5.56 Å². The third kappa shape index (κ3) is 4.35. The molecule has 0 saturated heterocycles. The summed E-state index contributed by atoms with van der Waals surface area (Å²) in [6, 6.07) is 11.0. The fourth-order valence-electron chi connectivity index (χ4n) is 1.52. The Hall–Kier alpha value is -1.88. The zero-order valence-electron chi connectivity index (χ0n) is 11.0. The second kappa shape index (κ2) is 7.05. The largest absolute Gasteiger partial charge is 0.490 e. The van der Waals surface area contributed by atoms with Gasteiger partial charge in [0.25, 0.3) is 0 Å². The zero-order valence-corrected chi connectivity index (χ0v) is 12.6. The van der Waals surface area contributed by atoms with E-state index in [1.165, 1.54) is 6.20 Å². The highest BCUT2D eigenvalue weighted by Crippen LogP contribution is 2.17. The SMILES string of the molecule is Cc1ccc(C(=O)OCCOc2cccc(Br)c2)cn1. The molecule has 4 nitrogen and oxygen atoms in total. The molecular formula is C15H14BrNO3. The summed E-state index contributed by atoms with van der Waals surface area (Å²) >= 11 is 3.36. The number of carbonyl (C=O) groups excluding carboxylic acids is 1. The molecule has 1 heterocycles. The molecule has 0 radical (unpaired) electrons. The summed E-state index contributed by atoms with van der Waals surface area (Å²) in [4.78, 5) is 15.7. The molecule has 1 aromatic carbocycles. The van der Waals surface area contributed by atoms with Gasteiger partial charge in [-0.05, 0) is 37.3 Å². The Morgan fingerprint density at radius 1 is 1.25 bits per heavy atom. The number of hydrogen-bond donors (Lipinski definition) is 0. The van der Waals surface area contributed by atoms with E-state index in [-0.39, 0.29) is 6.61 Å². The fourth-order valence-corrected chi connectivity index (χ4v) is 1.90. The third-order valence-electron chi connectivity index (χ3n) is 2.53. The Balaban J connectivity index is 1.76. The first-order valence-corrected chi connectivity index (χ1v) is 6.92. The Labute approximate surface area is 125 Å². The number of carbonyl (C=O) groups is 1. The zero-order chi connectivity index (χ0) is 14.4. The molecule has 0 N–H and O–H groups in total. The smallest absolute Gasteiger partial charge is 0.339 e. The topological polar surface area (TPSA) is 48.4 Å². The van der Waals surface area contributed by atoms with Crippen molar-refractivity contribution in [2.75, 3.05) is 13.2 Å². The van der Waals surface area contributed by atoms with Crippen molar-refractivity contribution in [2.45, 2.75) is 6.92 Å². The van der Waals surface area contributed by atoms with Crippen LogP contribution in [0.5, 0.6) is 5.75 Å². The van der Waals surface area contributed by atoms with Crippen LogP contribution in [-0.4, -0.2) is 24.2 Å². The number of aryl methyl sites for hydroxylation is 1. The van der Waals surface area contributed by atoms with Gasteiger partial charge >= 0.3 is 5.97 Å². The molecule has 0 aliphatic carbocycles. The standard InChI is InChI=1S/C15H14BrNO3/c1-11-5-6-12(10-17-11)15(18)20-8-7-19-14-4-2-3-13(16)9-14/h2-6,9-10H,7-8H2,1H3. The van der Waals surface area contributed by atoms with E-state index in [9.17, 15) is 4.79 Å². The van der Waals surface area contributed by atoms with E-state index in [1.54, 1.807) is 12.1 Å². The lowest BCUT2D eigenvalue weighted by molar-refractivity contribution is 0.0450. The Kier molecular flexibility index (Phi) is 5.12. The summed E-state index contributed by atoms with van der Waals surface area (Å²) in [6.07, 6.45) is 1.51. The van der Waals surface area contributed by atoms with E-state index in [1.807, 2.05) is 31.2 Å². The molecule has 0 aliphatic rings. The first-order chi connectivity index (χ1) is 9.65. The molecule has 0 saturated carbocycles. The van der Waals surface area contributed by atoms with Crippen LogP contribution >= 0.6 is 15.9 Å². The molecule has 0 atom stereocenters. The Morgan fingerprint density at radius 2 is 2.10 bits per heavy atom. The molecule has 2 rings (SSSR count). The van der Waals surface area contributed by atoms with Crippen LogP contribution in [-0.2, 0) is 4.74 Å². The number of nitrogens with zero attached hydrogens (tertiary/aromatic N) is 1. The molecule has 0 bridgehead atoms. The number of aromatic nitrogens is 1. The van der Waals surface area contributed by atoms with Crippen molar-refractivity contribution in [1.29, 1.82) is 0 Å². The highest BCUT2D eigenvalue weighted by molar-refractivity contribution is 9.10. The van der Waals surface area contributed by atoms with Gasteiger partial charge in [0.1, 0.15) is 19.0 Å². The van der Waals surface area contributed by atoms with Crippen molar-refractivity contribution in [2.24, 2.45) is 0 Å². The van der Waals surface area contributed by atoms with Crippen molar-refractivity contribution < 1.29 is 14.3 Å². The Morgan fingerprint density at radius 3 is 2.80 bits per heavy atom. The van der Waals surface area contributed by atoms with Crippen LogP contribution in [0.25, 0.3) is 0 Å². The van der Waals surface area contributed by atoms with Gasteiger partial charge < -0.3 is 9.47 Å². The summed E-state index contributed by atoms with van der Waals surface area (Å²) < 4.78 is 11.5. The summed E-state index contributed by atoms with van der Waals surface area (Å²) in [7, 11) is 0. The van der Waals surface area contributed by atoms with E-state index in [2.05, 4.69) is 20.9 Å². The normalized spacial score (nSPS) is 10.1. The predicted octanol–water partition coefficient (Wildman–Crippen LogP) is 3.39. The van der Waals surface area contributed by atoms with Crippen LogP contribution in [0.4, 0.5) is 0 Å². The van der Waals surface area contributed by atoms with E-state index in [4.69, 9.17) is 9.47 Å². The van der Waals surface area contributed by atoms with E-state index in [0.29, 0.717) is 12.2 Å². The minimum atomic E-state index is -0.393. The summed E-state index contributed by atoms with van der Waals surface area (Å²) in [5.41, 5.74) is 1.30. The van der Waals surface area contributed by atoms with Crippen molar-refractivity contribution in [3.05, 3.63) is 58.3 Å². The lowest BCUT2D eigenvalue weighted by atomic mass is 10.2.